The topological polar surface area (TPSA) is 81.4 Å². The number of H-pyrrole nitrogens is 2. The van der Waals surface area contributed by atoms with Crippen LogP contribution in [0.25, 0.3) is 16.8 Å². The molecule has 1 spiro atoms. The van der Waals surface area contributed by atoms with Crippen molar-refractivity contribution in [3.8, 4) is 11.3 Å². The van der Waals surface area contributed by atoms with Gasteiger partial charge in [0.05, 0.1) is 24.0 Å². The van der Waals surface area contributed by atoms with Crippen LogP contribution in [0.3, 0.4) is 0 Å². The van der Waals surface area contributed by atoms with Gasteiger partial charge in [-0.2, -0.15) is 0 Å². The van der Waals surface area contributed by atoms with Crippen molar-refractivity contribution in [1.82, 2.24) is 30.6 Å². The molecule has 3 aliphatic carbocycles. The minimum absolute atomic E-state index is 0.370. The molecule has 2 aliphatic heterocycles. The number of hydrogen-bond acceptors (Lipinski definition) is 4. The van der Waals surface area contributed by atoms with Gasteiger partial charge >= 0.3 is 0 Å². The molecule has 5 aliphatic rings. The number of nitrogens with one attached hydrogen (secondary N) is 4. The zero-order valence-electron chi connectivity index (χ0n) is 22.9. The van der Waals surface area contributed by atoms with Crippen LogP contribution in [0.15, 0.2) is 53.9 Å². The summed E-state index contributed by atoms with van der Waals surface area (Å²) < 4.78 is 0. The van der Waals surface area contributed by atoms with E-state index in [4.69, 9.17) is 9.97 Å². The average Bonchev–Trinajstić information content (AvgIpc) is 3.82. The normalized spacial score (nSPS) is 28.0. The third-order valence-electron chi connectivity index (χ3n) is 10.4. The van der Waals surface area contributed by atoms with Crippen LogP contribution in [0.4, 0.5) is 0 Å². The Kier molecular flexibility index (Phi) is 5.88. The molecule has 1 aromatic carbocycles. The van der Waals surface area contributed by atoms with Crippen molar-refractivity contribution in [2.75, 3.05) is 13.1 Å². The number of aromatic amines is 2. The van der Waals surface area contributed by atoms with Gasteiger partial charge < -0.3 is 20.6 Å². The molecule has 1 saturated carbocycles. The van der Waals surface area contributed by atoms with E-state index in [1.165, 1.54) is 80.2 Å². The van der Waals surface area contributed by atoms with E-state index in [0.717, 1.165) is 43.3 Å². The maximum Gasteiger partial charge on any atom is 0.123 e. The minimum atomic E-state index is 0.370. The number of rotatable bonds is 5. The molecule has 0 bridgehead atoms. The summed E-state index contributed by atoms with van der Waals surface area (Å²) in [6.45, 7) is 2.19. The summed E-state index contributed by atoms with van der Waals surface area (Å²) in [4.78, 5) is 16.9. The summed E-state index contributed by atoms with van der Waals surface area (Å²) in [5.74, 6) is 2.65. The molecule has 0 radical (unpaired) electrons. The van der Waals surface area contributed by atoms with Crippen LogP contribution >= 0.6 is 0 Å². The minimum Gasteiger partial charge on any atom is -0.344 e. The highest BCUT2D eigenvalue weighted by atomic mass is 15.0. The molecule has 2 saturated heterocycles. The summed E-state index contributed by atoms with van der Waals surface area (Å²) in [6, 6.07) is 10.0. The quantitative estimate of drug-likeness (QED) is 0.296. The lowest BCUT2D eigenvalue weighted by Crippen LogP contribution is -2.19. The first-order chi connectivity index (χ1) is 19.3. The van der Waals surface area contributed by atoms with Gasteiger partial charge in [0.15, 0.2) is 0 Å². The average molecular weight is 521 g/mol. The van der Waals surface area contributed by atoms with Crippen LogP contribution < -0.4 is 10.6 Å². The van der Waals surface area contributed by atoms with Gasteiger partial charge in [-0.05, 0) is 98.6 Å². The Morgan fingerprint density at radius 3 is 2.15 bits per heavy atom. The van der Waals surface area contributed by atoms with Crippen LogP contribution in [0.5, 0.6) is 0 Å². The van der Waals surface area contributed by atoms with Gasteiger partial charge in [-0.25, -0.2) is 9.97 Å². The van der Waals surface area contributed by atoms with Gasteiger partial charge in [0.2, 0.25) is 0 Å². The molecular formula is C33H40N6. The van der Waals surface area contributed by atoms with Gasteiger partial charge in [-0.15, -0.1) is 0 Å². The molecule has 4 heterocycles. The Labute approximate surface area is 231 Å². The second-order valence-corrected chi connectivity index (χ2v) is 12.6. The molecule has 0 amide bonds. The van der Waals surface area contributed by atoms with E-state index < -0.39 is 0 Å². The Balaban J connectivity index is 1.10. The zero-order valence-corrected chi connectivity index (χ0v) is 22.9. The Morgan fingerprint density at radius 1 is 0.744 bits per heavy atom. The highest BCUT2D eigenvalue weighted by molar-refractivity contribution is 5.85. The standard InChI is InChI=1S/C33H40N6/c1-2-15-33(14-1)16-13-25-24(29-20-37-32(39-29)27-6-4-18-35-27)12-11-23(30(25)33)21-7-9-22(10-8-21)28-19-36-31(38-28)26-5-3-17-34-26/h7-11,19-20,24,26-27,34-35H,1-6,12-18H2,(H,36,38)(H,37,39)/t24?,26-,27-/m0/s1. The van der Waals surface area contributed by atoms with E-state index in [1.54, 1.807) is 11.1 Å². The molecule has 1 unspecified atom stereocenters. The third kappa shape index (κ3) is 4.06. The van der Waals surface area contributed by atoms with Crippen molar-refractivity contribution in [2.24, 2.45) is 5.41 Å². The maximum atomic E-state index is 4.85. The zero-order chi connectivity index (χ0) is 25.8. The van der Waals surface area contributed by atoms with Crippen molar-refractivity contribution in [1.29, 1.82) is 0 Å². The highest BCUT2D eigenvalue weighted by Gasteiger charge is 2.47. The summed E-state index contributed by atoms with van der Waals surface area (Å²) >= 11 is 0. The van der Waals surface area contributed by atoms with Crippen molar-refractivity contribution in [3.05, 3.63) is 76.8 Å². The molecule has 6 heteroatoms. The molecule has 2 aromatic heterocycles. The van der Waals surface area contributed by atoms with Gasteiger partial charge in [0.25, 0.3) is 0 Å². The van der Waals surface area contributed by atoms with Crippen LogP contribution in [0.2, 0.25) is 0 Å². The number of allylic oxidation sites excluding steroid dienone is 4. The Hall–Kier alpha value is -2.96. The second-order valence-electron chi connectivity index (χ2n) is 12.6. The molecule has 39 heavy (non-hydrogen) atoms. The van der Waals surface area contributed by atoms with Gasteiger partial charge in [0, 0.05) is 17.8 Å². The second kappa shape index (κ2) is 9.60. The fourth-order valence-electron chi connectivity index (χ4n) is 8.41. The number of fused-ring (bicyclic) bond motifs is 1. The van der Waals surface area contributed by atoms with E-state index in [-0.39, 0.29) is 0 Å². The molecule has 3 aromatic rings. The van der Waals surface area contributed by atoms with Crippen LogP contribution in [-0.2, 0) is 0 Å². The van der Waals surface area contributed by atoms with E-state index in [9.17, 15) is 0 Å². The largest absolute Gasteiger partial charge is 0.344 e. The van der Waals surface area contributed by atoms with Gasteiger partial charge in [0.1, 0.15) is 11.6 Å². The van der Waals surface area contributed by atoms with Crippen molar-refractivity contribution < 1.29 is 0 Å². The molecule has 3 fully saturated rings. The molecular weight excluding hydrogens is 480 g/mol. The number of hydrogen-bond donors (Lipinski definition) is 4. The van der Waals surface area contributed by atoms with E-state index in [1.807, 2.05) is 6.20 Å². The fourth-order valence-corrected chi connectivity index (χ4v) is 8.41. The monoisotopic (exact) mass is 520 g/mol. The number of imidazole rings is 2. The first-order valence-electron chi connectivity index (χ1n) is 15.4. The lowest BCUT2D eigenvalue weighted by Gasteiger charge is -2.33. The highest BCUT2D eigenvalue weighted by Crippen LogP contribution is 2.61. The lowest BCUT2D eigenvalue weighted by atomic mass is 9.71. The van der Waals surface area contributed by atoms with Crippen LogP contribution in [0.1, 0.15) is 112 Å². The van der Waals surface area contributed by atoms with E-state index in [0.29, 0.717) is 23.4 Å². The lowest BCUT2D eigenvalue weighted by molar-refractivity contribution is 0.375. The number of aromatic nitrogens is 4. The van der Waals surface area contributed by atoms with Crippen LogP contribution in [0, 0.1) is 5.41 Å². The first-order valence-corrected chi connectivity index (χ1v) is 15.4. The third-order valence-corrected chi connectivity index (χ3v) is 10.4. The summed E-state index contributed by atoms with van der Waals surface area (Å²) in [7, 11) is 0. The molecule has 8 rings (SSSR count). The smallest absolute Gasteiger partial charge is 0.123 e. The predicted octanol–water partition coefficient (Wildman–Crippen LogP) is 6.87. The fraction of sp³-hybridized carbons (Fsp3) is 0.515. The van der Waals surface area contributed by atoms with E-state index >= 15 is 0 Å². The van der Waals surface area contributed by atoms with Gasteiger partial charge in [-0.3, -0.25) is 0 Å². The van der Waals surface area contributed by atoms with Crippen molar-refractivity contribution >= 4 is 5.57 Å². The summed E-state index contributed by atoms with van der Waals surface area (Å²) in [5, 5.41) is 7.16. The molecule has 202 valence electrons. The summed E-state index contributed by atoms with van der Waals surface area (Å²) in [6.07, 6.45) is 20.6. The maximum absolute atomic E-state index is 4.85. The SMILES string of the molecule is C1=C(c2ccc(-c3cnc([C@@H]4CCCN4)[nH]3)cc2)C2=C(CCC23CCCC3)C(c2cnc([C@@H]3CCCN3)[nH]2)C1. The van der Waals surface area contributed by atoms with Crippen molar-refractivity contribution in [2.45, 2.75) is 88.6 Å². The Bertz CT molecular complexity index is 1400. The number of nitrogens with zero attached hydrogens (tertiary/aromatic N) is 2. The first kappa shape index (κ1) is 23.9. The molecule has 3 atom stereocenters. The van der Waals surface area contributed by atoms with Gasteiger partial charge in [-0.1, -0.05) is 48.8 Å². The summed E-state index contributed by atoms with van der Waals surface area (Å²) in [5.41, 5.74) is 10.3. The molecule has 4 N–H and O–H groups in total. The number of benzene rings is 1. The molecule has 6 nitrogen and oxygen atoms in total. The predicted molar refractivity (Wildman–Crippen MR) is 155 cm³/mol. The van der Waals surface area contributed by atoms with Crippen molar-refractivity contribution in [3.63, 3.8) is 0 Å². The Morgan fingerprint density at radius 2 is 1.44 bits per heavy atom. The van der Waals surface area contributed by atoms with Crippen LogP contribution in [-0.4, -0.2) is 33.0 Å². The van der Waals surface area contributed by atoms with E-state index in [2.05, 4.69) is 57.1 Å².